The number of nitrogens with zero attached hydrogens (tertiary/aromatic N) is 1. The molecule has 5 nitrogen and oxygen atoms in total. The summed E-state index contributed by atoms with van der Waals surface area (Å²) in [6.07, 6.45) is 0.696. The van der Waals surface area contributed by atoms with E-state index in [4.69, 9.17) is 27.3 Å². The van der Waals surface area contributed by atoms with E-state index >= 15 is 0 Å². The number of carboxylic acid groups (broad SMARTS) is 1. The first-order chi connectivity index (χ1) is 9.13. The molecule has 1 aromatic rings. The Morgan fingerprint density at radius 3 is 2.68 bits per heavy atom. The molecule has 0 fully saturated rings. The minimum absolute atomic E-state index is 0.196. The maximum absolute atomic E-state index is 10.6. The van der Waals surface area contributed by atoms with E-state index in [0.717, 1.165) is 5.56 Å². The summed E-state index contributed by atoms with van der Waals surface area (Å²) in [4.78, 5) is 15.8. The molecular weight excluding hydrogens is 268 g/mol. The average molecular weight is 285 g/mol. The van der Waals surface area contributed by atoms with E-state index in [-0.39, 0.29) is 12.3 Å². The zero-order chi connectivity index (χ0) is 14.1. The SMILES string of the molecule is N[C@@H](CCC(CCl)=NOCc1ccccc1)C(=O)O. The van der Waals surface area contributed by atoms with Crippen molar-refractivity contribution in [3.05, 3.63) is 35.9 Å². The van der Waals surface area contributed by atoms with E-state index < -0.39 is 12.0 Å². The van der Waals surface area contributed by atoms with Gasteiger partial charge in [-0.05, 0) is 18.4 Å². The summed E-state index contributed by atoms with van der Waals surface area (Å²) >= 11 is 5.71. The van der Waals surface area contributed by atoms with Crippen molar-refractivity contribution in [2.45, 2.75) is 25.5 Å². The van der Waals surface area contributed by atoms with Gasteiger partial charge in [-0.1, -0.05) is 35.5 Å². The molecule has 0 heterocycles. The van der Waals surface area contributed by atoms with Gasteiger partial charge in [-0.25, -0.2) is 0 Å². The lowest BCUT2D eigenvalue weighted by molar-refractivity contribution is -0.138. The second-order valence-corrected chi connectivity index (χ2v) is 4.30. The molecule has 0 radical (unpaired) electrons. The van der Waals surface area contributed by atoms with Crippen molar-refractivity contribution < 1.29 is 14.7 Å². The van der Waals surface area contributed by atoms with Gasteiger partial charge in [-0.15, -0.1) is 11.6 Å². The Labute approximate surface area is 117 Å². The van der Waals surface area contributed by atoms with Crippen LogP contribution in [-0.2, 0) is 16.2 Å². The molecule has 1 rings (SSSR count). The highest BCUT2D eigenvalue weighted by Gasteiger charge is 2.12. The Kier molecular flexibility index (Phi) is 6.92. The molecule has 0 spiro atoms. The lowest BCUT2D eigenvalue weighted by Crippen LogP contribution is -2.30. The van der Waals surface area contributed by atoms with Crippen LogP contribution in [-0.4, -0.2) is 28.7 Å². The van der Waals surface area contributed by atoms with Crippen molar-refractivity contribution in [2.75, 3.05) is 5.88 Å². The van der Waals surface area contributed by atoms with Crippen LogP contribution in [0.25, 0.3) is 0 Å². The van der Waals surface area contributed by atoms with E-state index in [0.29, 0.717) is 18.7 Å². The number of carbonyl (C=O) groups is 1. The fourth-order valence-corrected chi connectivity index (χ4v) is 1.54. The van der Waals surface area contributed by atoms with Gasteiger partial charge in [0.2, 0.25) is 0 Å². The zero-order valence-corrected chi connectivity index (χ0v) is 11.2. The molecule has 0 aromatic heterocycles. The third kappa shape index (κ3) is 6.22. The monoisotopic (exact) mass is 284 g/mol. The molecule has 1 atom stereocenters. The number of carboxylic acids is 1. The topological polar surface area (TPSA) is 84.9 Å². The van der Waals surface area contributed by atoms with E-state index in [1.54, 1.807) is 0 Å². The number of benzene rings is 1. The van der Waals surface area contributed by atoms with Crippen molar-refractivity contribution in [1.82, 2.24) is 0 Å². The summed E-state index contributed by atoms with van der Waals surface area (Å²) in [6, 6.07) is 8.70. The third-order valence-electron chi connectivity index (χ3n) is 2.48. The van der Waals surface area contributed by atoms with Crippen LogP contribution in [0.5, 0.6) is 0 Å². The number of hydrogen-bond donors (Lipinski definition) is 2. The fraction of sp³-hybridized carbons (Fsp3) is 0.385. The molecule has 0 aliphatic carbocycles. The second-order valence-electron chi connectivity index (χ2n) is 4.03. The Morgan fingerprint density at radius 1 is 1.42 bits per heavy atom. The van der Waals surface area contributed by atoms with E-state index in [9.17, 15) is 4.79 Å². The quantitative estimate of drug-likeness (QED) is 0.434. The predicted octanol–water partition coefficient (Wildman–Crippen LogP) is 1.99. The summed E-state index contributed by atoms with van der Waals surface area (Å²) < 4.78 is 0. The molecule has 104 valence electrons. The Bertz CT molecular complexity index is 423. The maximum atomic E-state index is 10.6. The molecule has 0 bridgehead atoms. The normalized spacial score (nSPS) is 13.1. The molecule has 0 amide bonds. The molecule has 1 aromatic carbocycles. The van der Waals surface area contributed by atoms with Gasteiger partial charge in [0.05, 0.1) is 11.6 Å². The van der Waals surface area contributed by atoms with Gasteiger partial charge in [0.15, 0.2) is 0 Å². The molecule has 0 unspecified atom stereocenters. The Morgan fingerprint density at radius 2 is 2.11 bits per heavy atom. The van der Waals surface area contributed by atoms with Gasteiger partial charge in [-0.2, -0.15) is 0 Å². The fourth-order valence-electron chi connectivity index (χ4n) is 1.35. The smallest absolute Gasteiger partial charge is 0.320 e. The summed E-state index contributed by atoms with van der Waals surface area (Å²) in [5.41, 5.74) is 6.99. The second kappa shape index (κ2) is 8.50. The first kappa shape index (κ1) is 15.5. The lowest BCUT2D eigenvalue weighted by Gasteiger charge is -2.07. The van der Waals surface area contributed by atoms with Gasteiger partial charge >= 0.3 is 5.97 Å². The number of aliphatic carboxylic acids is 1. The lowest BCUT2D eigenvalue weighted by atomic mass is 10.1. The van der Waals surface area contributed by atoms with Gasteiger partial charge < -0.3 is 15.7 Å². The highest BCUT2D eigenvalue weighted by Crippen LogP contribution is 2.04. The maximum Gasteiger partial charge on any atom is 0.320 e. The first-order valence-electron chi connectivity index (χ1n) is 5.89. The molecule has 6 heteroatoms. The van der Waals surface area contributed by atoms with Crippen LogP contribution in [0.15, 0.2) is 35.5 Å². The number of oxime groups is 1. The molecular formula is C13H17ClN2O3. The van der Waals surface area contributed by atoms with Crippen LogP contribution < -0.4 is 5.73 Å². The minimum Gasteiger partial charge on any atom is -0.480 e. The van der Waals surface area contributed by atoms with Crippen LogP contribution >= 0.6 is 11.6 Å². The summed E-state index contributed by atoms with van der Waals surface area (Å²) in [5, 5.41) is 12.6. The standard InChI is InChI=1S/C13H17ClN2O3/c14-8-11(6-7-12(15)13(17)18)16-19-9-10-4-2-1-3-5-10/h1-5,12H,6-9,15H2,(H,17,18)/t12-/m0/s1. The largest absolute Gasteiger partial charge is 0.480 e. The van der Waals surface area contributed by atoms with Crippen LogP contribution in [0.2, 0.25) is 0 Å². The van der Waals surface area contributed by atoms with Crippen molar-refractivity contribution >= 4 is 23.3 Å². The highest BCUT2D eigenvalue weighted by atomic mass is 35.5. The van der Waals surface area contributed by atoms with E-state index in [2.05, 4.69) is 5.16 Å². The van der Waals surface area contributed by atoms with Gasteiger partial charge in [-0.3, -0.25) is 4.79 Å². The number of hydrogen-bond acceptors (Lipinski definition) is 4. The van der Waals surface area contributed by atoms with Crippen molar-refractivity contribution in [3.8, 4) is 0 Å². The molecule has 0 aliphatic rings. The number of halogens is 1. The Balaban J connectivity index is 2.38. The summed E-state index contributed by atoms with van der Waals surface area (Å²) in [6.45, 7) is 0.353. The first-order valence-corrected chi connectivity index (χ1v) is 6.43. The van der Waals surface area contributed by atoms with Crippen molar-refractivity contribution in [1.29, 1.82) is 0 Å². The van der Waals surface area contributed by atoms with Crippen LogP contribution in [0.3, 0.4) is 0 Å². The van der Waals surface area contributed by atoms with Crippen molar-refractivity contribution in [3.63, 3.8) is 0 Å². The van der Waals surface area contributed by atoms with Gasteiger partial charge in [0.1, 0.15) is 12.6 Å². The average Bonchev–Trinajstić information content (AvgIpc) is 2.43. The summed E-state index contributed by atoms with van der Waals surface area (Å²) in [5.74, 6) is -0.833. The van der Waals surface area contributed by atoms with Crippen molar-refractivity contribution in [2.24, 2.45) is 10.9 Å². The summed E-state index contributed by atoms with van der Waals surface area (Å²) in [7, 11) is 0. The minimum atomic E-state index is -1.03. The molecule has 19 heavy (non-hydrogen) atoms. The van der Waals surface area contributed by atoms with Crippen LogP contribution in [0.4, 0.5) is 0 Å². The number of rotatable bonds is 8. The van der Waals surface area contributed by atoms with Crippen LogP contribution in [0.1, 0.15) is 18.4 Å². The van der Waals surface area contributed by atoms with Gasteiger partial charge in [0, 0.05) is 0 Å². The predicted molar refractivity (Wildman–Crippen MR) is 74.2 cm³/mol. The molecule has 0 saturated heterocycles. The number of alkyl halides is 1. The highest BCUT2D eigenvalue weighted by molar-refractivity contribution is 6.28. The molecule has 3 N–H and O–H groups in total. The molecule has 0 saturated carbocycles. The van der Waals surface area contributed by atoms with Gasteiger partial charge in [0.25, 0.3) is 0 Å². The molecule has 0 aliphatic heterocycles. The third-order valence-corrected chi connectivity index (χ3v) is 2.79. The number of nitrogens with two attached hydrogens (primary N) is 1. The Hall–Kier alpha value is -1.59. The van der Waals surface area contributed by atoms with Crippen LogP contribution in [0, 0.1) is 0 Å². The van der Waals surface area contributed by atoms with E-state index in [1.807, 2.05) is 30.3 Å². The van der Waals surface area contributed by atoms with E-state index in [1.165, 1.54) is 0 Å². The zero-order valence-electron chi connectivity index (χ0n) is 10.5.